The number of benzene rings is 2. The average molecular weight is 292 g/mol. The lowest BCUT2D eigenvalue weighted by Crippen LogP contribution is -2.60. The van der Waals surface area contributed by atoms with Gasteiger partial charge in [-0.1, -0.05) is 60.7 Å². The predicted molar refractivity (Wildman–Crippen MR) is 90.9 cm³/mol. The summed E-state index contributed by atoms with van der Waals surface area (Å²) >= 11 is 0. The Labute approximate surface area is 133 Å². The van der Waals surface area contributed by atoms with Gasteiger partial charge < -0.3 is 5.32 Å². The number of fused-ring (bicyclic) bond motifs is 2. The van der Waals surface area contributed by atoms with Gasteiger partial charge in [-0.3, -0.25) is 4.90 Å². The van der Waals surface area contributed by atoms with Crippen LogP contribution in [-0.2, 0) is 12.0 Å². The van der Waals surface area contributed by atoms with Gasteiger partial charge in [0.05, 0.1) is 0 Å². The molecule has 1 N–H and O–H groups in total. The Balaban J connectivity index is 1.53. The molecule has 114 valence electrons. The van der Waals surface area contributed by atoms with Gasteiger partial charge in [0, 0.05) is 31.1 Å². The first kappa shape index (κ1) is 14.0. The Kier molecular flexibility index (Phi) is 3.73. The van der Waals surface area contributed by atoms with Gasteiger partial charge in [-0.15, -0.1) is 0 Å². The molecule has 2 aromatic carbocycles. The third kappa shape index (κ3) is 2.57. The van der Waals surface area contributed by atoms with Gasteiger partial charge in [0.1, 0.15) is 0 Å². The molecule has 0 aliphatic carbocycles. The summed E-state index contributed by atoms with van der Waals surface area (Å²) in [5, 5.41) is 3.70. The number of hydrogen-bond acceptors (Lipinski definition) is 2. The maximum atomic E-state index is 3.70. The summed E-state index contributed by atoms with van der Waals surface area (Å²) in [6.07, 6.45) is 2.55. The number of nitrogens with one attached hydrogen (secondary N) is 1. The minimum Gasteiger partial charge on any atom is -0.314 e. The van der Waals surface area contributed by atoms with Crippen LogP contribution >= 0.6 is 0 Å². The highest BCUT2D eigenvalue weighted by Crippen LogP contribution is 2.40. The summed E-state index contributed by atoms with van der Waals surface area (Å²) in [4.78, 5) is 2.67. The number of piperidine rings is 2. The highest BCUT2D eigenvalue weighted by atomic mass is 15.2. The van der Waals surface area contributed by atoms with E-state index in [4.69, 9.17) is 0 Å². The SMILES string of the molecule is c1ccc(CN2CC[C@@]3(c4ccccc4)CNC[C@@H]2C3)cc1. The molecule has 2 aliphatic rings. The van der Waals surface area contributed by atoms with Crippen molar-refractivity contribution in [1.82, 2.24) is 10.2 Å². The first-order chi connectivity index (χ1) is 10.9. The van der Waals surface area contributed by atoms with Crippen LogP contribution in [0.1, 0.15) is 24.0 Å². The van der Waals surface area contributed by atoms with E-state index in [1.54, 1.807) is 0 Å². The zero-order chi connectivity index (χ0) is 14.8. The quantitative estimate of drug-likeness (QED) is 0.934. The summed E-state index contributed by atoms with van der Waals surface area (Å²) in [6, 6.07) is 22.7. The molecular weight excluding hydrogens is 268 g/mol. The van der Waals surface area contributed by atoms with Crippen molar-refractivity contribution >= 4 is 0 Å². The second-order valence-electron chi connectivity index (χ2n) is 6.84. The van der Waals surface area contributed by atoms with Gasteiger partial charge in [-0.25, -0.2) is 0 Å². The second-order valence-corrected chi connectivity index (χ2v) is 6.84. The van der Waals surface area contributed by atoms with E-state index >= 15 is 0 Å². The summed E-state index contributed by atoms with van der Waals surface area (Å²) in [5.41, 5.74) is 3.30. The van der Waals surface area contributed by atoms with Gasteiger partial charge in [-0.05, 0) is 30.5 Å². The van der Waals surface area contributed by atoms with Crippen LogP contribution in [0.15, 0.2) is 60.7 Å². The normalized spacial score (nSPS) is 28.5. The van der Waals surface area contributed by atoms with Crippen molar-refractivity contribution in [2.45, 2.75) is 30.8 Å². The molecule has 0 amide bonds. The van der Waals surface area contributed by atoms with E-state index in [0.29, 0.717) is 11.5 Å². The average Bonchev–Trinajstić information content (AvgIpc) is 2.60. The van der Waals surface area contributed by atoms with Crippen molar-refractivity contribution in [3.63, 3.8) is 0 Å². The first-order valence-corrected chi connectivity index (χ1v) is 8.40. The van der Waals surface area contributed by atoms with Crippen molar-refractivity contribution in [2.75, 3.05) is 19.6 Å². The van der Waals surface area contributed by atoms with Crippen molar-refractivity contribution < 1.29 is 0 Å². The Hall–Kier alpha value is -1.64. The molecule has 2 atom stereocenters. The molecule has 2 saturated heterocycles. The standard InChI is InChI=1S/C20H24N2/c1-3-7-17(8-4-1)15-22-12-11-20(13-19(22)14-21-16-20)18-9-5-2-6-10-18/h1-10,19,21H,11-16H2/t19-,20-/m0/s1. The topological polar surface area (TPSA) is 15.3 Å². The van der Waals surface area contributed by atoms with Gasteiger partial charge in [0.15, 0.2) is 0 Å². The minimum atomic E-state index is 0.345. The van der Waals surface area contributed by atoms with Crippen molar-refractivity contribution in [2.24, 2.45) is 0 Å². The fraction of sp³-hybridized carbons (Fsp3) is 0.400. The number of rotatable bonds is 3. The molecule has 2 nitrogen and oxygen atoms in total. The van der Waals surface area contributed by atoms with E-state index in [2.05, 4.69) is 70.9 Å². The fourth-order valence-corrected chi connectivity index (χ4v) is 4.24. The summed E-state index contributed by atoms with van der Waals surface area (Å²) in [7, 11) is 0. The highest BCUT2D eigenvalue weighted by molar-refractivity contribution is 5.29. The molecule has 4 rings (SSSR count). The molecule has 0 spiro atoms. The summed E-state index contributed by atoms with van der Waals surface area (Å²) in [6.45, 7) is 4.54. The smallest absolute Gasteiger partial charge is 0.0237 e. The molecule has 2 fully saturated rings. The van der Waals surface area contributed by atoms with Crippen LogP contribution in [0.4, 0.5) is 0 Å². The lowest BCUT2D eigenvalue weighted by atomic mass is 9.68. The van der Waals surface area contributed by atoms with Crippen LogP contribution in [0, 0.1) is 0 Å². The monoisotopic (exact) mass is 292 g/mol. The lowest BCUT2D eigenvalue weighted by Gasteiger charge is -2.51. The summed E-state index contributed by atoms with van der Waals surface area (Å²) in [5.74, 6) is 0. The molecule has 2 heteroatoms. The summed E-state index contributed by atoms with van der Waals surface area (Å²) < 4.78 is 0. The second kappa shape index (κ2) is 5.86. The fourth-order valence-electron chi connectivity index (χ4n) is 4.24. The van der Waals surface area contributed by atoms with E-state index in [9.17, 15) is 0 Å². The van der Waals surface area contributed by atoms with Gasteiger partial charge in [-0.2, -0.15) is 0 Å². The Morgan fingerprint density at radius 1 is 1.00 bits per heavy atom. The molecule has 0 saturated carbocycles. The molecule has 2 bridgehead atoms. The van der Waals surface area contributed by atoms with Crippen LogP contribution in [0.25, 0.3) is 0 Å². The van der Waals surface area contributed by atoms with Crippen LogP contribution < -0.4 is 5.32 Å². The molecule has 2 heterocycles. The maximum absolute atomic E-state index is 3.70. The Morgan fingerprint density at radius 2 is 1.73 bits per heavy atom. The largest absolute Gasteiger partial charge is 0.314 e. The Bertz CT molecular complexity index is 610. The Morgan fingerprint density at radius 3 is 2.50 bits per heavy atom. The maximum Gasteiger partial charge on any atom is 0.0237 e. The van der Waals surface area contributed by atoms with E-state index in [-0.39, 0.29) is 0 Å². The number of nitrogens with zero attached hydrogens (tertiary/aromatic N) is 1. The third-order valence-electron chi connectivity index (χ3n) is 5.48. The van der Waals surface area contributed by atoms with Crippen molar-refractivity contribution in [1.29, 1.82) is 0 Å². The minimum absolute atomic E-state index is 0.345. The van der Waals surface area contributed by atoms with Gasteiger partial charge in [0.2, 0.25) is 0 Å². The number of hydrogen-bond donors (Lipinski definition) is 1. The van der Waals surface area contributed by atoms with Crippen LogP contribution in [0.5, 0.6) is 0 Å². The van der Waals surface area contributed by atoms with Crippen molar-refractivity contribution in [3.8, 4) is 0 Å². The molecular formula is C20H24N2. The van der Waals surface area contributed by atoms with Gasteiger partial charge >= 0.3 is 0 Å². The zero-order valence-corrected chi connectivity index (χ0v) is 13.0. The predicted octanol–water partition coefficient (Wildman–Crippen LogP) is 3.19. The zero-order valence-electron chi connectivity index (χ0n) is 13.0. The number of likely N-dealkylation sites (tertiary alicyclic amines) is 1. The van der Waals surface area contributed by atoms with Gasteiger partial charge in [0.25, 0.3) is 0 Å². The first-order valence-electron chi connectivity index (χ1n) is 8.40. The highest BCUT2D eigenvalue weighted by Gasteiger charge is 2.43. The van der Waals surface area contributed by atoms with Crippen LogP contribution in [0.2, 0.25) is 0 Å². The molecule has 0 aromatic heterocycles. The van der Waals surface area contributed by atoms with E-state index in [0.717, 1.165) is 19.6 Å². The lowest BCUT2D eigenvalue weighted by molar-refractivity contribution is 0.0577. The molecule has 0 unspecified atom stereocenters. The molecule has 2 aromatic rings. The molecule has 22 heavy (non-hydrogen) atoms. The molecule has 0 radical (unpaired) electrons. The van der Waals surface area contributed by atoms with E-state index in [1.807, 2.05) is 0 Å². The van der Waals surface area contributed by atoms with E-state index < -0.39 is 0 Å². The molecule has 2 aliphatic heterocycles. The third-order valence-corrected chi connectivity index (χ3v) is 5.48. The van der Waals surface area contributed by atoms with E-state index in [1.165, 1.54) is 30.5 Å². The van der Waals surface area contributed by atoms with Crippen LogP contribution in [0.3, 0.4) is 0 Å². The van der Waals surface area contributed by atoms with Crippen molar-refractivity contribution in [3.05, 3.63) is 71.8 Å². The van der Waals surface area contributed by atoms with Crippen LogP contribution in [-0.4, -0.2) is 30.6 Å².